The molecule has 90 valence electrons. The van der Waals surface area contributed by atoms with Gasteiger partial charge in [-0.25, -0.2) is 0 Å². The lowest BCUT2D eigenvalue weighted by Crippen LogP contribution is -2.32. The SMILES string of the molecule is CC1CCC(NCc2ccccc2)CC1.Cl. The van der Waals surface area contributed by atoms with E-state index in [0.29, 0.717) is 0 Å². The van der Waals surface area contributed by atoms with Crippen molar-refractivity contribution in [2.45, 2.75) is 45.2 Å². The lowest BCUT2D eigenvalue weighted by atomic mass is 9.87. The van der Waals surface area contributed by atoms with Gasteiger partial charge in [0.2, 0.25) is 0 Å². The highest BCUT2D eigenvalue weighted by Gasteiger charge is 2.17. The maximum absolute atomic E-state index is 3.66. The summed E-state index contributed by atoms with van der Waals surface area (Å²) in [5.74, 6) is 0.944. The molecule has 0 amide bonds. The largest absolute Gasteiger partial charge is 0.310 e. The van der Waals surface area contributed by atoms with Crippen molar-refractivity contribution >= 4 is 12.4 Å². The molecule has 1 aliphatic rings. The average Bonchev–Trinajstić information content (AvgIpc) is 2.30. The molecule has 1 aromatic carbocycles. The summed E-state index contributed by atoms with van der Waals surface area (Å²) in [7, 11) is 0. The van der Waals surface area contributed by atoms with Gasteiger partial charge in [0.1, 0.15) is 0 Å². The van der Waals surface area contributed by atoms with E-state index < -0.39 is 0 Å². The van der Waals surface area contributed by atoms with Crippen LogP contribution in [0.4, 0.5) is 0 Å². The van der Waals surface area contributed by atoms with E-state index in [2.05, 4.69) is 42.6 Å². The number of rotatable bonds is 3. The van der Waals surface area contributed by atoms with Crippen LogP contribution in [0, 0.1) is 5.92 Å². The predicted molar refractivity (Wildman–Crippen MR) is 71.9 cm³/mol. The molecule has 1 nitrogen and oxygen atoms in total. The van der Waals surface area contributed by atoms with Crippen LogP contribution in [0.3, 0.4) is 0 Å². The average molecular weight is 240 g/mol. The molecule has 0 aliphatic heterocycles. The second-order valence-electron chi connectivity index (χ2n) is 4.82. The molecule has 0 spiro atoms. The van der Waals surface area contributed by atoms with Crippen LogP contribution in [0.1, 0.15) is 38.2 Å². The third-order valence-electron chi connectivity index (χ3n) is 3.45. The Hall–Kier alpha value is -0.530. The van der Waals surface area contributed by atoms with Crippen LogP contribution >= 0.6 is 12.4 Å². The highest BCUT2D eigenvalue weighted by molar-refractivity contribution is 5.85. The van der Waals surface area contributed by atoms with Crippen LogP contribution in [0.5, 0.6) is 0 Å². The van der Waals surface area contributed by atoms with E-state index in [0.717, 1.165) is 18.5 Å². The van der Waals surface area contributed by atoms with E-state index in [9.17, 15) is 0 Å². The molecule has 2 heteroatoms. The minimum Gasteiger partial charge on any atom is -0.310 e. The minimum atomic E-state index is 0. The van der Waals surface area contributed by atoms with Crippen LogP contribution in [0.25, 0.3) is 0 Å². The van der Waals surface area contributed by atoms with Gasteiger partial charge >= 0.3 is 0 Å². The Morgan fingerprint density at radius 2 is 1.69 bits per heavy atom. The number of hydrogen-bond acceptors (Lipinski definition) is 1. The van der Waals surface area contributed by atoms with Crippen molar-refractivity contribution in [3.63, 3.8) is 0 Å². The molecule has 1 aromatic rings. The molecule has 0 unspecified atom stereocenters. The van der Waals surface area contributed by atoms with E-state index >= 15 is 0 Å². The maximum atomic E-state index is 3.66. The molecule has 0 saturated heterocycles. The first-order valence-electron chi connectivity index (χ1n) is 6.12. The first kappa shape index (κ1) is 13.5. The summed E-state index contributed by atoms with van der Waals surface area (Å²) in [6, 6.07) is 11.4. The van der Waals surface area contributed by atoms with E-state index in [-0.39, 0.29) is 12.4 Å². The predicted octanol–water partition coefficient (Wildman–Crippen LogP) is 3.78. The van der Waals surface area contributed by atoms with E-state index in [1.165, 1.54) is 31.2 Å². The number of benzene rings is 1. The molecule has 1 saturated carbocycles. The Labute approximate surface area is 105 Å². The van der Waals surface area contributed by atoms with Crippen molar-refractivity contribution in [3.05, 3.63) is 35.9 Å². The zero-order valence-electron chi connectivity index (χ0n) is 9.99. The van der Waals surface area contributed by atoms with Crippen molar-refractivity contribution < 1.29 is 0 Å². The van der Waals surface area contributed by atoms with Gasteiger partial charge in [-0.05, 0) is 37.2 Å². The molecule has 1 aliphatic carbocycles. The highest BCUT2D eigenvalue weighted by Crippen LogP contribution is 2.23. The van der Waals surface area contributed by atoms with Gasteiger partial charge in [0.25, 0.3) is 0 Å². The van der Waals surface area contributed by atoms with Crippen molar-refractivity contribution in [1.29, 1.82) is 0 Å². The second kappa shape index (κ2) is 6.93. The first-order valence-corrected chi connectivity index (χ1v) is 6.12. The van der Waals surface area contributed by atoms with Crippen molar-refractivity contribution in [1.82, 2.24) is 5.32 Å². The Morgan fingerprint density at radius 1 is 1.06 bits per heavy atom. The Kier molecular flexibility index (Phi) is 5.86. The summed E-state index contributed by atoms with van der Waals surface area (Å²) in [6.07, 6.45) is 5.50. The van der Waals surface area contributed by atoms with Crippen LogP contribution in [0.2, 0.25) is 0 Å². The normalized spacial score (nSPS) is 24.8. The lowest BCUT2D eigenvalue weighted by molar-refractivity contribution is 0.306. The van der Waals surface area contributed by atoms with Gasteiger partial charge in [0, 0.05) is 12.6 Å². The van der Waals surface area contributed by atoms with E-state index in [1.54, 1.807) is 0 Å². The summed E-state index contributed by atoms with van der Waals surface area (Å²) in [4.78, 5) is 0. The fourth-order valence-corrected chi connectivity index (χ4v) is 2.32. The van der Waals surface area contributed by atoms with Crippen molar-refractivity contribution in [2.75, 3.05) is 0 Å². The summed E-state index contributed by atoms with van der Waals surface area (Å²) in [6.45, 7) is 3.40. The van der Waals surface area contributed by atoms with Crippen molar-refractivity contribution in [3.8, 4) is 0 Å². The van der Waals surface area contributed by atoms with Gasteiger partial charge in [0.15, 0.2) is 0 Å². The minimum absolute atomic E-state index is 0. The van der Waals surface area contributed by atoms with Crippen LogP contribution < -0.4 is 5.32 Å². The number of hydrogen-bond donors (Lipinski definition) is 1. The van der Waals surface area contributed by atoms with Gasteiger partial charge in [-0.15, -0.1) is 12.4 Å². The number of nitrogens with one attached hydrogen (secondary N) is 1. The van der Waals surface area contributed by atoms with Gasteiger partial charge in [0.05, 0.1) is 0 Å². The maximum Gasteiger partial charge on any atom is 0.0208 e. The quantitative estimate of drug-likeness (QED) is 0.847. The number of halogens is 1. The Morgan fingerprint density at radius 3 is 2.31 bits per heavy atom. The molecule has 0 radical (unpaired) electrons. The molecule has 0 aromatic heterocycles. The fourth-order valence-electron chi connectivity index (χ4n) is 2.32. The van der Waals surface area contributed by atoms with Crippen molar-refractivity contribution in [2.24, 2.45) is 5.92 Å². The zero-order valence-corrected chi connectivity index (χ0v) is 10.8. The molecule has 2 rings (SSSR count). The molecule has 1 fully saturated rings. The van der Waals surface area contributed by atoms with E-state index in [1.807, 2.05) is 0 Å². The van der Waals surface area contributed by atoms with E-state index in [4.69, 9.17) is 0 Å². The monoisotopic (exact) mass is 239 g/mol. The molecule has 0 heterocycles. The summed E-state index contributed by atoms with van der Waals surface area (Å²) in [5, 5.41) is 3.66. The van der Waals surface area contributed by atoms with Crippen LogP contribution in [0.15, 0.2) is 30.3 Å². The smallest absolute Gasteiger partial charge is 0.0208 e. The standard InChI is InChI=1S/C14H21N.ClH/c1-12-7-9-14(10-8-12)15-11-13-5-3-2-4-6-13;/h2-6,12,14-15H,7-11H2,1H3;1H. The Bertz CT molecular complexity index is 278. The lowest BCUT2D eigenvalue weighted by Gasteiger charge is -2.27. The molecule has 16 heavy (non-hydrogen) atoms. The van der Waals surface area contributed by atoms with Gasteiger partial charge in [-0.3, -0.25) is 0 Å². The summed E-state index contributed by atoms with van der Waals surface area (Å²) < 4.78 is 0. The van der Waals surface area contributed by atoms with Gasteiger partial charge in [-0.1, -0.05) is 37.3 Å². The first-order chi connectivity index (χ1) is 7.34. The molecular weight excluding hydrogens is 218 g/mol. The fraction of sp³-hybridized carbons (Fsp3) is 0.571. The van der Waals surface area contributed by atoms with Gasteiger partial charge < -0.3 is 5.32 Å². The molecule has 1 N–H and O–H groups in total. The highest BCUT2D eigenvalue weighted by atomic mass is 35.5. The third kappa shape index (κ3) is 4.15. The van der Waals surface area contributed by atoms with Gasteiger partial charge in [-0.2, -0.15) is 0 Å². The van der Waals surface area contributed by atoms with Crippen LogP contribution in [-0.2, 0) is 6.54 Å². The third-order valence-corrected chi connectivity index (χ3v) is 3.45. The summed E-state index contributed by atoms with van der Waals surface area (Å²) >= 11 is 0. The molecular formula is C14H22ClN. The van der Waals surface area contributed by atoms with Crippen LogP contribution in [-0.4, -0.2) is 6.04 Å². The summed E-state index contributed by atoms with van der Waals surface area (Å²) in [5.41, 5.74) is 1.40. The second-order valence-corrected chi connectivity index (χ2v) is 4.82. The molecule has 0 atom stereocenters. The topological polar surface area (TPSA) is 12.0 Å². The zero-order chi connectivity index (χ0) is 10.5. The Balaban J connectivity index is 0.00000128. The molecule has 0 bridgehead atoms.